The van der Waals surface area contributed by atoms with Crippen LogP contribution in [0.4, 0.5) is 0 Å². The first-order valence-corrected chi connectivity index (χ1v) is 7.13. The largest absolute Gasteiger partial charge is 0.508 e. The number of fused-ring (bicyclic) bond motifs is 1. The van der Waals surface area contributed by atoms with Crippen LogP contribution in [0.5, 0.6) is 17.2 Å². The van der Waals surface area contributed by atoms with E-state index in [0.29, 0.717) is 13.0 Å². The average Bonchev–Trinajstić information content (AvgIpc) is 2.50. The van der Waals surface area contributed by atoms with Crippen LogP contribution in [-0.4, -0.2) is 21.9 Å². The van der Waals surface area contributed by atoms with E-state index in [-0.39, 0.29) is 29.1 Å². The highest BCUT2D eigenvalue weighted by molar-refractivity contribution is 5.52. The molecule has 2 aromatic carbocycles. The predicted molar refractivity (Wildman–Crippen MR) is 80.7 cm³/mol. The molecule has 0 bridgehead atoms. The van der Waals surface area contributed by atoms with Crippen molar-refractivity contribution in [2.24, 2.45) is 5.73 Å². The molecule has 0 fully saturated rings. The van der Waals surface area contributed by atoms with E-state index in [1.54, 1.807) is 12.1 Å². The van der Waals surface area contributed by atoms with Crippen molar-refractivity contribution in [3.63, 3.8) is 0 Å². The topological polar surface area (TPSA) is 86.7 Å². The lowest BCUT2D eigenvalue weighted by molar-refractivity contribution is 0.388. The molecular weight excluding hydrogens is 266 g/mol. The smallest absolute Gasteiger partial charge is 0.160 e. The van der Waals surface area contributed by atoms with Gasteiger partial charge in [-0.15, -0.1) is 0 Å². The molecule has 3 rings (SSSR count). The number of phenolic OH excluding ortho intramolecular Hbond substituents is 3. The molecule has 5 N–H and O–H groups in total. The molecule has 0 unspecified atom stereocenters. The molecular formula is C17H19NO3. The molecule has 0 aromatic heterocycles. The van der Waals surface area contributed by atoms with Gasteiger partial charge in [-0.05, 0) is 60.5 Å². The maximum Gasteiger partial charge on any atom is 0.160 e. The molecule has 110 valence electrons. The number of phenols is 3. The van der Waals surface area contributed by atoms with E-state index in [0.717, 1.165) is 23.1 Å². The molecule has 4 heteroatoms. The van der Waals surface area contributed by atoms with E-state index in [4.69, 9.17) is 5.73 Å². The second kappa shape index (κ2) is 5.30. The summed E-state index contributed by atoms with van der Waals surface area (Å²) in [6.07, 6.45) is 1.51. The Labute approximate surface area is 123 Å². The molecule has 1 aliphatic carbocycles. The SMILES string of the molecule is NC[C@@H]1C[C@H](c2cccc(O)c2)Cc2c1ccc(O)c2O. The van der Waals surface area contributed by atoms with Crippen LogP contribution < -0.4 is 5.73 Å². The van der Waals surface area contributed by atoms with Gasteiger partial charge in [-0.1, -0.05) is 18.2 Å². The monoisotopic (exact) mass is 285 g/mol. The second-order valence-corrected chi connectivity index (χ2v) is 5.67. The van der Waals surface area contributed by atoms with E-state index in [1.165, 1.54) is 6.07 Å². The van der Waals surface area contributed by atoms with Crippen LogP contribution in [0.25, 0.3) is 0 Å². The highest BCUT2D eigenvalue weighted by Gasteiger charge is 2.30. The van der Waals surface area contributed by atoms with Gasteiger partial charge in [-0.25, -0.2) is 0 Å². The Hall–Kier alpha value is -2.20. The lowest BCUT2D eigenvalue weighted by atomic mass is 9.74. The van der Waals surface area contributed by atoms with Gasteiger partial charge in [0.1, 0.15) is 5.75 Å². The van der Waals surface area contributed by atoms with Crippen LogP contribution in [0.15, 0.2) is 36.4 Å². The summed E-state index contributed by atoms with van der Waals surface area (Å²) < 4.78 is 0. The highest BCUT2D eigenvalue weighted by atomic mass is 16.3. The van der Waals surface area contributed by atoms with E-state index >= 15 is 0 Å². The Morgan fingerprint density at radius 1 is 1.10 bits per heavy atom. The van der Waals surface area contributed by atoms with Gasteiger partial charge in [0.25, 0.3) is 0 Å². The maximum absolute atomic E-state index is 10.1. The summed E-state index contributed by atoms with van der Waals surface area (Å²) in [6, 6.07) is 10.6. The van der Waals surface area contributed by atoms with Crippen LogP contribution in [0, 0.1) is 0 Å². The Balaban J connectivity index is 2.03. The van der Waals surface area contributed by atoms with Crippen LogP contribution in [0.1, 0.15) is 34.9 Å². The molecule has 0 radical (unpaired) electrons. The summed E-state index contributed by atoms with van der Waals surface area (Å²) in [5.41, 5.74) is 8.70. The number of aromatic hydroxyl groups is 3. The van der Waals surface area contributed by atoms with Crippen molar-refractivity contribution >= 4 is 0 Å². The normalized spacial score (nSPS) is 21.0. The molecule has 0 heterocycles. The van der Waals surface area contributed by atoms with Gasteiger partial charge in [0.15, 0.2) is 11.5 Å². The molecule has 0 saturated carbocycles. The zero-order chi connectivity index (χ0) is 15.0. The molecule has 2 atom stereocenters. The Bertz CT molecular complexity index is 669. The zero-order valence-electron chi connectivity index (χ0n) is 11.7. The Morgan fingerprint density at radius 3 is 2.62 bits per heavy atom. The third-order valence-corrected chi connectivity index (χ3v) is 4.38. The first-order valence-electron chi connectivity index (χ1n) is 7.13. The molecule has 1 aliphatic rings. The van der Waals surface area contributed by atoms with Crippen molar-refractivity contribution in [2.45, 2.75) is 24.7 Å². The zero-order valence-corrected chi connectivity index (χ0v) is 11.7. The van der Waals surface area contributed by atoms with Gasteiger partial charge in [-0.3, -0.25) is 0 Å². The van der Waals surface area contributed by atoms with Crippen LogP contribution in [0.2, 0.25) is 0 Å². The van der Waals surface area contributed by atoms with Crippen molar-refractivity contribution in [3.05, 3.63) is 53.1 Å². The lowest BCUT2D eigenvalue weighted by Gasteiger charge is -2.32. The highest BCUT2D eigenvalue weighted by Crippen LogP contribution is 2.45. The first kappa shape index (κ1) is 13.8. The van der Waals surface area contributed by atoms with Crippen LogP contribution in [0.3, 0.4) is 0 Å². The van der Waals surface area contributed by atoms with Crippen LogP contribution in [-0.2, 0) is 6.42 Å². The lowest BCUT2D eigenvalue weighted by Crippen LogP contribution is -2.23. The van der Waals surface area contributed by atoms with Gasteiger partial charge >= 0.3 is 0 Å². The number of benzene rings is 2. The molecule has 0 spiro atoms. The van der Waals surface area contributed by atoms with E-state index in [9.17, 15) is 15.3 Å². The Morgan fingerprint density at radius 2 is 1.90 bits per heavy atom. The molecule has 0 saturated heterocycles. The summed E-state index contributed by atoms with van der Waals surface area (Å²) in [5, 5.41) is 29.5. The van der Waals surface area contributed by atoms with Crippen molar-refractivity contribution < 1.29 is 15.3 Å². The van der Waals surface area contributed by atoms with Gasteiger partial charge in [0, 0.05) is 5.56 Å². The average molecular weight is 285 g/mol. The van der Waals surface area contributed by atoms with E-state index < -0.39 is 0 Å². The summed E-state index contributed by atoms with van der Waals surface area (Å²) in [4.78, 5) is 0. The fraction of sp³-hybridized carbons (Fsp3) is 0.294. The summed E-state index contributed by atoms with van der Waals surface area (Å²) in [6.45, 7) is 0.493. The first-order chi connectivity index (χ1) is 10.1. The predicted octanol–water partition coefficient (Wildman–Crippen LogP) is 2.58. The minimum atomic E-state index is -0.0962. The van der Waals surface area contributed by atoms with Crippen molar-refractivity contribution in [1.29, 1.82) is 0 Å². The minimum Gasteiger partial charge on any atom is -0.508 e. The summed E-state index contributed by atoms with van der Waals surface area (Å²) >= 11 is 0. The summed E-state index contributed by atoms with van der Waals surface area (Å²) in [5.74, 6) is 0.415. The fourth-order valence-corrected chi connectivity index (χ4v) is 3.29. The van der Waals surface area contributed by atoms with Crippen molar-refractivity contribution in [1.82, 2.24) is 0 Å². The fourth-order valence-electron chi connectivity index (χ4n) is 3.29. The molecule has 4 nitrogen and oxygen atoms in total. The van der Waals surface area contributed by atoms with Gasteiger partial charge in [-0.2, -0.15) is 0 Å². The second-order valence-electron chi connectivity index (χ2n) is 5.67. The van der Waals surface area contributed by atoms with Gasteiger partial charge in [0.2, 0.25) is 0 Å². The molecule has 21 heavy (non-hydrogen) atoms. The quantitative estimate of drug-likeness (QED) is 0.639. The number of nitrogens with two attached hydrogens (primary N) is 1. The standard InChI is InChI=1S/C17H19NO3/c18-9-12-6-11(10-2-1-3-13(19)7-10)8-15-14(12)4-5-16(20)17(15)21/h1-5,7,11-12,19-21H,6,8-9,18H2/t11-,12-/m0/s1. The Kier molecular flexibility index (Phi) is 3.47. The molecule has 0 aliphatic heterocycles. The van der Waals surface area contributed by atoms with E-state index in [1.807, 2.05) is 18.2 Å². The third-order valence-electron chi connectivity index (χ3n) is 4.38. The van der Waals surface area contributed by atoms with Gasteiger partial charge < -0.3 is 21.1 Å². The van der Waals surface area contributed by atoms with Crippen molar-refractivity contribution in [3.8, 4) is 17.2 Å². The van der Waals surface area contributed by atoms with Crippen LogP contribution >= 0.6 is 0 Å². The number of hydrogen-bond acceptors (Lipinski definition) is 4. The number of rotatable bonds is 2. The van der Waals surface area contributed by atoms with E-state index in [2.05, 4.69) is 0 Å². The van der Waals surface area contributed by atoms with Gasteiger partial charge in [0.05, 0.1) is 0 Å². The minimum absolute atomic E-state index is 0.0456. The third kappa shape index (κ3) is 2.43. The maximum atomic E-state index is 10.1. The molecule has 2 aromatic rings. The van der Waals surface area contributed by atoms with Crippen molar-refractivity contribution in [2.75, 3.05) is 6.54 Å². The summed E-state index contributed by atoms with van der Waals surface area (Å²) in [7, 11) is 0. The number of hydrogen-bond donors (Lipinski definition) is 4. The molecule has 0 amide bonds.